The van der Waals surface area contributed by atoms with Crippen LogP contribution in [-0.4, -0.2) is 75.2 Å². The van der Waals surface area contributed by atoms with Gasteiger partial charge in [0.15, 0.2) is 5.82 Å². The number of piperazine rings is 1. The van der Waals surface area contributed by atoms with Crippen molar-refractivity contribution in [3.63, 3.8) is 0 Å². The molecule has 7 heterocycles. The lowest BCUT2D eigenvalue weighted by atomic mass is 9.95. The van der Waals surface area contributed by atoms with Crippen LogP contribution in [0.3, 0.4) is 0 Å². The van der Waals surface area contributed by atoms with Crippen LogP contribution in [0.15, 0.2) is 30.7 Å². The van der Waals surface area contributed by atoms with Gasteiger partial charge < -0.3 is 19.9 Å². The molecule has 4 fully saturated rings. The van der Waals surface area contributed by atoms with Crippen molar-refractivity contribution in [3.8, 4) is 17.1 Å². The zero-order valence-electron chi connectivity index (χ0n) is 21.7. The van der Waals surface area contributed by atoms with E-state index >= 15 is 4.39 Å². The van der Waals surface area contributed by atoms with E-state index in [4.69, 9.17) is 26.3 Å². The van der Waals surface area contributed by atoms with Crippen LogP contribution < -0.4 is 15.0 Å². The third-order valence-electron chi connectivity index (χ3n) is 9.39. The second-order valence-corrected chi connectivity index (χ2v) is 12.1. The summed E-state index contributed by atoms with van der Waals surface area (Å²) in [6.45, 7) is 4.47. The van der Waals surface area contributed by atoms with Crippen molar-refractivity contribution in [3.05, 3.63) is 41.6 Å². The molecule has 4 aliphatic heterocycles. The molecule has 0 amide bonds. The van der Waals surface area contributed by atoms with Gasteiger partial charge in [0.1, 0.15) is 17.9 Å². The molecular formula is C29H31ClFN7O. The zero-order valence-corrected chi connectivity index (χ0v) is 22.5. The molecule has 1 aromatic carbocycles. The largest absolute Gasteiger partial charge is 0.461 e. The molecule has 0 saturated carbocycles. The normalized spacial score (nSPS) is 24.2. The highest BCUT2D eigenvalue weighted by Gasteiger charge is 2.45. The van der Waals surface area contributed by atoms with Gasteiger partial charge in [0, 0.05) is 59.5 Å². The molecule has 4 aromatic rings. The topological polar surface area (TPSA) is 82.2 Å². The molecule has 39 heavy (non-hydrogen) atoms. The first kappa shape index (κ1) is 23.8. The number of pyridine rings is 1. The molecule has 2 N–H and O–H groups in total. The van der Waals surface area contributed by atoms with Crippen LogP contribution in [0.5, 0.6) is 6.01 Å². The van der Waals surface area contributed by atoms with Gasteiger partial charge in [-0.05, 0) is 57.7 Å². The summed E-state index contributed by atoms with van der Waals surface area (Å²) in [7, 11) is 0. The minimum Gasteiger partial charge on any atom is -0.461 e. The van der Waals surface area contributed by atoms with Crippen molar-refractivity contribution >= 4 is 39.2 Å². The summed E-state index contributed by atoms with van der Waals surface area (Å²) in [6.07, 6.45) is 12.0. The quantitative estimate of drug-likeness (QED) is 0.367. The molecule has 0 aliphatic carbocycles. The fourth-order valence-electron chi connectivity index (χ4n) is 7.52. The van der Waals surface area contributed by atoms with Crippen LogP contribution in [0.25, 0.3) is 32.9 Å². The minimum atomic E-state index is -0.394. The van der Waals surface area contributed by atoms with Crippen molar-refractivity contribution in [2.24, 2.45) is 0 Å². The second kappa shape index (κ2) is 9.01. The first-order valence-corrected chi connectivity index (χ1v) is 14.5. The van der Waals surface area contributed by atoms with E-state index in [1.165, 1.54) is 12.8 Å². The maximum Gasteiger partial charge on any atom is 0.319 e. The number of fused-ring (bicyclic) bond motifs is 5. The summed E-state index contributed by atoms with van der Waals surface area (Å²) in [5, 5.41) is 5.61. The number of halogens is 2. The zero-order chi connectivity index (χ0) is 26.1. The predicted molar refractivity (Wildman–Crippen MR) is 150 cm³/mol. The minimum absolute atomic E-state index is 0.0574. The number of aromatic nitrogens is 4. The van der Waals surface area contributed by atoms with Crippen LogP contribution in [0.4, 0.5) is 10.2 Å². The fourth-order valence-corrected chi connectivity index (χ4v) is 7.78. The van der Waals surface area contributed by atoms with E-state index in [0.717, 1.165) is 68.6 Å². The first-order chi connectivity index (χ1) is 19.1. The number of nitrogens with zero attached hydrogens (tertiary/aromatic N) is 5. The summed E-state index contributed by atoms with van der Waals surface area (Å²) in [5.74, 6) is 0.363. The van der Waals surface area contributed by atoms with E-state index in [0.29, 0.717) is 40.2 Å². The molecule has 0 radical (unpaired) electrons. The van der Waals surface area contributed by atoms with Crippen molar-refractivity contribution in [2.45, 2.75) is 56.1 Å². The van der Waals surface area contributed by atoms with Gasteiger partial charge in [-0.25, -0.2) is 4.39 Å². The molecule has 0 spiro atoms. The van der Waals surface area contributed by atoms with E-state index in [1.807, 2.05) is 12.1 Å². The maximum absolute atomic E-state index is 16.5. The summed E-state index contributed by atoms with van der Waals surface area (Å²) in [5.41, 5.74) is 2.23. The lowest BCUT2D eigenvalue weighted by Gasteiger charge is -2.34. The van der Waals surface area contributed by atoms with Crippen LogP contribution in [0.1, 0.15) is 38.5 Å². The highest BCUT2D eigenvalue weighted by Crippen LogP contribution is 2.41. The Morgan fingerprint density at radius 1 is 1.05 bits per heavy atom. The molecule has 4 saturated heterocycles. The molecule has 0 unspecified atom stereocenters. The number of benzene rings is 1. The van der Waals surface area contributed by atoms with Crippen molar-refractivity contribution < 1.29 is 9.13 Å². The summed E-state index contributed by atoms with van der Waals surface area (Å²) in [6, 6.07) is 4.87. The Morgan fingerprint density at radius 2 is 1.85 bits per heavy atom. The lowest BCUT2D eigenvalue weighted by Crippen LogP contribution is -2.51. The average molecular weight is 548 g/mol. The van der Waals surface area contributed by atoms with Crippen molar-refractivity contribution in [1.29, 1.82) is 0 Å². The van der Waals surface area contributed by atoms with Crippen molar-refractivity contribution in [1.82, 2.24) is 30.2 Å². The van der Waals surface area contributed by atoms with Gasteiger partial charge in [-0.15, -0.1) is 0 Å². The Balaban J connectivity index is 1.24. The molecule has 202 valence electrons. The number of anilines is 1. The summed E-state index contributed by atoms with van der Waals surface area (Å²) < 4.78 is 22.9. The molecule has 10 heteroatoms. The van der Waals surface area contributed by atoms with Crippen molar-refractivity contribution in [2.75, 3.05) is 37.7 Å². The van der Waals surface area contributed by atoms with Gasteiger partial charge in [0.25, 0.3) is 0 Å². The van der Waals surface area contributed by atoms with E-state index in [2.05, 4.69) is 25.1 Å². The predicted octanol–water partition coefficient (Wildman–Crippen LogP) is 4.91. The van der Waals surface area contributed by atoms with Gasteiger partial charge >= 0.3 is 6.01 Å². The Bertz CT molecular complexity index is 1570. The number of rotatable bonds is 5. The van der Waals surface area contributed by atoms with Crippen LogP contribution in [0, 0.1) is 5.82 Å². The number of hydrogen-bond acceptors (Lipinski definition) is 7. The molecule has 8 nitrogen and oxygen atoms in total. The van der Waals surface area contributed by atoms with Gasteiger partial charge in [-0.2, -0.15) is 9.97 Å². The van der Waals surface area contributed by atoms with Crippen LogP contribution in [-0.2, 0) is 0 Å². The lowest BCUT2D eigenvalue weighted by molar-refractivity contribution is 0.108. The van der Waals surface area contributed by atoms with Crippen LogP contribution >= 0.6 is 11.6 Å². The number of H-pyrrole nitrogens is 1. The highest BCUT2D eigenvalue weighted by atomic mass is 35.5. The SMILES string of the molecule is Fc1c(-c2c[nH]c3cncc(Cl)c23)ccc2c(N3C[C@H]4CC[C@@H](C3)N4)nc(OCC34CCCN3CCC4)nc12. The Labute approximate surface area is 230 Å². The molecule has 4 aliphatic rings. The van der Waals surface area contributed by atoms with Crippen LogP contribution in [0.2, 0.25) is 5.02 Å². The van der Waals surface area contributed by atoms with E-state index in [1.54, 1.807) is 18.6 Å². The van der Waals surface area contributed by atoms with E-state index in [9.17, 15) is 0 Å². The Kier molecular flexibility index (Phi) is 5.51. The number of nitrogens with one attached hydrogen (secondary N) is 2. The second-order valence-electron chi connectivity index (χ2n) is 11.6. The number of aromatic amines is 1. The van der Waals surface area contributed by atoms with Gasteiger partial charge in [0.05, 0.1) is 22.3 Å². The number of ether oxygens (including phenoxy) is 1. The third kappa shape index (κ3) is 3.81. The number of hydrogen-bond donors (Lipinski definition) is 2. The Hall–Kier alpha value is -3.01. The fraction of sp³-hybridized carbons (Fsp3) is 0.483. The summed E-state index contributed by atoms with van der Waals surface area (Å²) >= 11 is 6.49. The highest BCUT2D eigenvalue weighted by molar-refractivity contribution is 6.36. The first-order valence-electron chi connectivity index (χ1n) is 14.1. The third-order valence-corrected chi connectivity index (χ3v) is 9.68. The van der Waals surface area contributed by atoms with E-state index in [-0.39, 0.29) is 17.1 Å². The van der Waals surface area contributed by atoms with E-state index < -0.39 is 5.82 Å². The molecule has 2 atom stereocenters. The molecular weight excluding hydrogens is 517 g/mol. The van der Waals surface area contributed by atoms with Gasteiger partial charge in [0.2, 0.25) is 0 Å². The average Bonchev–Trinajstić information content (AvgIpc) is 3.71. The summed E-state index contributed by atoms with van der Waals surface area (Å²) in [4.78, 5) is 21.8. The van der Waals surface area contributed by atoms with Gasteiger partial charge in [-0.3, -0.25) is 9.88 Å². The molecule has 3 aromatic heterocycles. The smallest absolute Gasteiger partial charge is 0.319 e. The van der Waals surface area contributed by atoms with Gasteiger partial charge in [-0.1, -0.05) is 17.7 Å². The maximum atomic E-state index is 16.5. The molecule has 8 rings (SSSR count). The molecule has 2 bridgehead atoms. The standard InChI is InChI=1S/C29H31ClFN7O/c30-22-12-32-13-23-24(22)21(11-33-23)19-5-6-20-26(25(19)31)35-28(39-16-29-7-1-9-38(29)10-2-8-29)36-27(20)37-14-17-3-4-18(15-37)34-17/h5-6,11-13,17-18,33-34H,1-4,7-10,14-16H2/t17-,18+. The monoisotopic (exact) mass is 547 g/mol. The Morgan fingerprint density at radius 3 is 2.64 bits per heavy atom.